The maximum Gasteiger partial charge on any atom is 0.226 e. The number of aromatic nitrogens is 1. The molecule has 1 aliphatic rings. The van der Waals surface area contributed by atoms with E-state index in [2.05, 4.69) is 10.3 Å². The number of hydrogen-bond acceptors (Lipinski definition) is 6. The van der Waals surface area contributed by atoms with Crippen LogP contribution in [-0.4, -0.2) is 18.0 Å². The fourth-order valence-corrected chi connectivity index (χ4v) is 4.28. The molecular formula is C20H18ClN3O3S. The molecule has 8 heteroatoms. The molecule has 0 aliphatic carbocycles. The molecule has 0 unspecified atom stereocenters. The van der Waals surface area contributed by atoms with Crippen LogP contribution in [0.5, 0.6) is 11.5 Å². The van der Waals surface area contributed by atoms with E-state index in [4.69, 9.17) is 26.8 Å². The van der Waals surface area contributed by atoms with Gasteiger partial charge in [0.2, 0.25) is 5.91 Å². The number of carbonyl (C=O) groups excluding carboxylic acids is 1. The number of halogens is 1. The van der Waals surface area contributed by atoms with Crippen molar-refractivity contribution in [2.75, 3.05) is 18.2 Å². The Bertz CT molecular complexity index is 1020. The first-order valence-corrected chi connectivity index (χ1v) is 9.84. The predicted molar refractivity (Wildman–Crippen MR) is 110 cm³/mol. The first-order valence-electron chi connectivity index (χ1n) is 8.65. The van der Waals surface area contributed by atoms with Gasteiger partial charge in [-0.2, -0.15) is 0 Å². The number of ether oxygens (including phenoxy) is 2. The second-order valence-electron chi connectivity index (χ2n) is 6.36. The SMILES string of the molecule is COc1cccc([C@H]2CC(=O)Nc3nc(N)sc32)c1OCc1ccc(Cl)cc1. The van der Waals surface area contributed by atoms with Gasteiger partial charge >= 0.3 is 0 Å². The summed E-state index contributed by atoms with van der Waals surface area (Å²) in [6.45, 7) is 0.348. The zero-order valence-corrected chi connectivity index (χ0v) is 16.6. The average Bonchev–Trinajstić information content (AvgIpc) is 3.06. The predicted octanol–water partition coefficient (Wildman–Crippen LogP) is 4.44. The number of nitrogens with two attached hydrogens (primary N) is 1. The first-order chi connectivity index (χ1) is 13.5. The zero-order chi connectivity index (χ0) is 19.7. The molecule has 3 aromatic rings. The van der Waals surface area contributed by atoms with Crippen molar-refractivity contribution in [3.05, 3.63) is 63.5 Å². The van der Waals surface area contributed by atoms with Gasteiger partial charge in [-0.05, 0) is 23.8 Å². The lowest BCUT2D eigenvalue weighted by atomic mass is 9.90. The number of rotatable bonds is 5. The van der Waals surface area contributed by atoms with Crippen LogP contribution < -0.4 is 20.5 Å². The van der Waals surface area contributed by atoms with Gasteiger partial charge in [-0.25, -0.2) is 4.98 Å². The van der Waals surface area contributed by atoms with Crippen molar-refractivity contribution in [2.24, 2.45) is 0 Å². The van der Waals surface area contributed by atoms with Gasteiger partial charge in [-0.3, -0.25) is 4.79 Å². The van der Waals surface area contributed by atoms with Crippen molar-refractivity contribution in [1.82, 2.24) is 4.98 Å². The van der Waals surface area contributed by atoms with E-state index in [1.54, 1.807) is 7.11 Å². The van der Waals surface area contributed by atoms with Crippen molar-refractivity contribution in [2.45, 2.75) is 18.9 Å². The molecule has 4 rings (SSSR count). The molecule has 0 radical (unpaired) electrons. The quantitative estimate of drug-likeness (QED) is 0.643. The van der Waals surface area contributed by atoms with E-state index in [1.807, 2.05) is 42.5 Å². The Morgan fingerprint density at radius 3 is 2.82 bits per heavy atom. The molecule has 1 aliphatic heterocycles. The average molecular weight is 416 g/mol. The summed E-state index contributed by atoms with van der Waals surface area (Å²) in [5, 5.41) is 3.88. The third-order valence-corrected chi connectivity index (χ3v) is 5.79. The highest BCUT2D eigenvalue weighted by Gasteiger charge is 2.32. The molecule has 0 fully saturated rings. The number of methoxy groups -OCH3 is 1. The van der Waals surface area contributed by atoms with Gasteiger partial charge in [0.15, 0.2) is 16.6 Å². The van der Waals surface area contributed by atoms with E-state index in [0.717, 1.165) is 16.0 Å². The first kappa shape index (κ1) is 18.6. The molecular weight excluding hydrogens is 398 g/mol. The molecule has 0 saturated heterocycles. The molecule has 144 valence electrons. The van der Waals surface area contributed by atoms with Gasteiger partial charge in [0.05, 0.1) is 12.0 Å². The van der Waals surface area contributed by atoms with Crippen LogP contribution in [0.2, 0.25) is 5.02 Å². The lowest BCUT2D eigenvalue weighted by molar-refractivity contribution is -0.116. The fraction of sp³-hybridized carbons (Fsp3) is 0.200. The van der Waals surface area contributed by atoms with E-state index >= 15 is 0 Å². The molecule has 1 aromatic heterocycles. The second-order valence-corrected chi connectivity index (χ2v) is 7.86. The van der Waals surface area contributed by atoms with Crippen LogP contribution in [-0.2, 0) is 11.4 Å². The molecule has 2 heterocycles. The summed E-state index contributed by atoms with van der Waals surface area (Å²) in [6, 6.07) is 13.1. The third-order valence-electron chi connectivity index (χ3n) is 4.53. The molecule has 1 amide bonds. The Balaban J connectivity index is 1.71. The van der Waals surface area contributed by atoms with Gasteiger partial charge in [0.25, 0.3) is 0 Å². The lowest BCUT2D eigenvalue weighted by Gasteiger charge is -2.24. The maximum absolute atomic E-state index is 12.2. The third kappa shape index (κ3) is 3.63. The number of amides is 1. The summed E-state index contributed by atoms with van der Waals surface area (Å²) in [6.07, 6.45) is 0.291. The lowest BCUT2D eigenvalue weighted by Crippen LogP contribution is -2.23. The highest BCUT2D eigenvalue weighted by molar-refractivity contribution is 7.16. The Morgan fingerprint density at radius 1 is 1.29 bits per heavy atom. The number of fused-ring (bicyclic) bond motifs is 1. The molecule has 28 heavy (non-hydrogen) atoms. The van der Waals surface area contributed by atoms with Crippen LogP contribution >= 0.6 is 22.9 Å². The van der Waals surface area contributed by atoms with Crippen molar-refractivity contribution < 1.29 is 14.3 Å². The van der Waals surface area contributed by atoms with Crippen molar-refractivity contribution >= 4 is 39.8 Å². The van der Waals surface area contributed by atoms with Crippen LogP contribution in [0.25, 0.3) is 0 Å². The highest BCUT2D eigenvalue weighted by Crippen LogP contribution is 2.46. The van der Waals surface area contributed by atoms with E-state index in [0.29, 0.717) is 40.5 Å². The minimum Gasteiger partial charge on any atom is -0.493 e. The van der Waals surface area contributed by atoms with E-state index in [1.165, 1.54) is 11.3 Å². The smallest absolute Gasteiger partial charge is 0.226 e. The standard InChI is InChI=1S/C20H18ClN3O3S/c1-26-15-4-2-3-13(17(15)27-10-11-5-7-12(21)8-6-11)14-9-16(25)23-19-18(14)28-20(22)24-19/h2-8,14H,9-10H2,1H3,(H2,22,24)(H,23,25)/t14-/m1/s1. The number of anilines is 2. The second kappa shape index (κ2) is 7.69. The summed E-state index contributed by atoms with van der Waals surface area (Å²) in [5.41, 5.74) is 7.72. The summed E-state index contributed by atoms with van der Waals surface area (Å²) in [5.74, 6) is 1.44. The minimum atomic E-state index is -0.200. The largest absolute Gasteiger partial charge is 0.493 e. The topological polar surface area (TPSA) is 86.5 Å². The Hall–Kier alpha value is -2.77. The fourth-order valence-electron chi connectivity index (χ4n) is 3.25. The summed E-state index contributed by atoms with van der Waals surface area (Å²) in [4.78, 5) is 17.4. The number of carbonyl (C=O) groups is 1. The summed E-state index contributed by atoms with van der Waals surface area (Å²) < 4.78 is 11.7. The number of para-hydroxylation sites is 1. The zero-order valence-electron chi connectivity index (χ0n) is 15.1. The molecule has 6 nitrogen and oxygen atoms in total. The van der Waals surface area contributed by atoms with Crippen LogP contribution in [0.4, 0.5) is 10.9 Å². The van der Waals surface area contributed by atoms with E-state index < -0.39 is 0 Å². The number of nitrogen functional groups attached to an aromatic ring is 1. The van der Waals surface area contributed by atoms with Gasteiger partial charge in [0, 0.05) is 22.9 Å². The van der Waals surface area contributed by atoms with Crippen LogP contribution in [0, 0.1) is 0 Å². The number of nitrogens with zero attached hydrogens (tertiary/aromatic N) is 1. The van der Waals surface area contributed by atoms with Crippen LogP contribution in [0.1, 0.15) is 28.3 Å². The maximum atomic E-state index is 12.2. The highest BCUT2D eigenvalue weighted by atomic mass is 35.5. The van der Waals surface area contributed by atoms with Crippen molar-refractivity contribution in [1.29, 1.82) is 0 Å². The monoisotopic (exact) mass is 415 g/mol. The van der Waals surface area contributed by atoms with Gasteiger partial charge in [-0.15, -0.1) is 0 Å². The minimum absolute atomic E-state index is 0.103. The number of nitrogens with one attached hydrogen (secondary N) is 1. The molecule has 0 spiro atoms. The van der Waals surface area contributed by atoms with Crippen molar-refractivity contribution in [3.8, 4) is 11.5 Å². The van der Waals surface area contributed by atoms with Gasteiger partial charge < -0.3 is 20.5 Å². The normalized spacial score (nSPS) is 15.6. The van der Waals surface area contributed by atoms with Crippen LogP contribution in [0.15, 0.2) is 42.5 Å². The van der Waals surface area contributed by atoms with Gasteiger partial charge in [-0.1, -0.05) is 47.2 Å². The molecule has 1 atom stereocenters. The summed E-state index contributed by atoms with van der Waals surface area (Å²) in [7, 11) is 1.60. The molecule has 0 bridgehead atoms. The van der Waals surface area contributed by atoms with E-state index in [9.17, 15) is 4.79 Å². The number of hydrogen-bond donors (Lipinski definition) is 2. The van der Waals surface area contributed by atoms with Gasteiger partial charge in [0.1, 0.15) is 12.4 Å². The Labute approximate surface area is 171 Å². The van der Waals surface area contributed by atoms with Crippen molar-refractivity contribution in [3.63, 3.8) is 0 Å². The molecule has 3 N–H and O–H groups in total. The van der Waals surface area contributed by atoms with E-state index in [-0.39, 0.29) is 11.8 Å². The molecule has 0 saturated carbocycles. The Kier molecular flexibility index (Phi) is 5.11. The van der Waals surface area contributed by atoms with Crippen LogP contribution in [0.3, 0.4) is 0 Å². The Morgan fingerprint density at radius 2 is 2.07 bits per heavy atom. The summed E-state index contributed by atoms with van der Waals surface area (Å²) >= 11 is 7.33. The number of thiazole rings is 1. The molecule has 2 aromatic carbocycles. The number of benzene rings is 2.